The molecule has 0 heterocycles. The van der Waals surface area contributed by atoms with Gasteiger partial charge in [-0.05, 0) is 25.2 Å². The molecule has 0 fully saturated rings. The summed E-state index contributed by atoms with van der Waals surface area (Å²) in [6, 6.07) is 6.26. The number of likely N-dealkylation sites (N-methyl/N-ethyl adjacent to an activating group) is 1. The topological polar surface area (TPSA) is 35.8 Å². The van der Waals surface area contributed by atoms with Crippen LogP contribution in [0.25, 0.3) is 6.08 Å². The fourth-order valence-electron chi connectivity index (χ4n) is 1.04. The Hall–Kier alpha value is -1.66. The Kier molecular flexibility index (Phi) is 3.84. The minimum atomic E-state index is -0.309. The summed E-state index contributed by atoms with van der Waals surface area (Å²) in [5.74, 6) is -0.309. The number of rotatable bonds is 3. The molecule has 0 unspecified atom stereocenters. The molecule has 0 bridgehead atoms. The quantitative estimate of drug-likeness (QED) is 0.790. The Morgan fingerprint density at radius 2 is 2.36 bits per heavy atom. The van der Waals surface area contributed by atoms with E-state index in [2.05, 4.69) is 5.32 Å². The van der Waals surface area contributed by atoms with E-state index in [1.165, 1.54) is 18.2 Å². The van der Waals surface area contributed by atoms with Crippen LogP contribution in [0.2, 0.25) is 0 Å². The third-order valence-electron chi connectivity index (χ3n) is 1.74. The van der Waals surface area contributed by atoms with Crippen LogP contribution < -0.4 is 5.32 Å². The van der Waals surface area contributed by atoms with E-state index in [1.54, 1.807) is 12.2 Å². The number of hydrogen-bond donors (Lipinski definition) is 1. The molecular weight excluding hydrogens is 179 g/mol. The Labute approximate surface area is 82.7 Å². The number of nitrogens with one attached hydrogen (secondary N) is 1. The van der Waals surface area contributed by atoms with Crippen molar-refractivity contribution in [2.75, 3.05) is 13.6 Å². The molecule has 0 saturated carbocycles. The van der Waals surface area contributed by atoms with Gasteiger partial charge in [0.1, 0.15) is 5.82 Å². The molecule has 1 N–H and O–H groups in total. The molecule has 3 heteroatoms. The summed E-state index contributed by atoms with van der Waals surface area (Å²) in [7, 11) is 1.81. The van der Waals surface area contributed by atoms with Gasteiger partial charge in [-0.15, -0.1) is 0 Å². The van der Waals surface area contributed by atoms with Gasteiger partial charge in [0.15, 0.2) is 0 Å². The highest BCUT2D eigenvalue weighted by Gasteiger charge is 1.99. The van der Waals surface area contributed by atoms with E-state index in [1.807, 2.05) is 13.1 Å². The van der Waals surface area contributed by atoms with E-state index >= 15 is 0 Å². The van der Waals surface area contributed by atoms with Gasteiger partial charge in [0.25, 0.3) is 0 Å². The molecule has 72 valence electrons. The van der Waals surface area contributed by atoms with Crippen LogP contribution in [0.15, 0.2) is 24.3 Å². The van der Waals surface area contributed by atoms with Crippen LogP contribution in [-0.4, -0.2) is 13.6 Å². The number of hydrogen-bond acceptors (Lipinski definition) is 2. The molecule has 1 aromatic carbocycles. The van der Waals surface area contributed by atoms with Crippen LogP contribution in [0, 0.1) is 17.1 Å². The predicted octanol–water partition coefficient (Wildman–Crippen LogP) is 1.93. The lowest BCUT2D eigenvalue weighted by atomic mass is 10.1. The molecular formula is C11H11FN2. The van der Waals surface area contributed by atoms with Crippen LogP contribution in [0.1, 0.15) is 11.1 Å². The third kappa shape index (κ3) is 2.68. The smallest absolute Gasteiger partial charge is 0.130 e. The van der Waals surface area contributed by atoms with Gasteiger partial charge in [0.2, 0.25) is 0 Å². The zero-order chi connectivity index (χ0) is 10.4. The predicted molar refractivity (Wildman–Crippen MR) is 54.1 cm³/mol. The fraction of sp³-hybridized carbons (Fsp3) is 0.182. The molecule has 0 saturated heterocycles. The number of benzene rings is 1. The minimum absolute atomic E-state index is 0.309. The van der Waals surface area contributed by atoms with E-state index < -0.39 is 0 Å². The average Bonchev–Trinajstić information content (AvgIpc) is 2.21. The van der Waals surface area contributed by atoms with Crippen molar-refractivity contribution in [1.29, 1.82) is 5.26 Å². The molecule has 0 aliphatic rings. The normalized spacial score (nSPS) is 10.4. The number of nitriles is 1. The average molecular weight is 190 g/mol. The van der Waals surface area contributed by atoms with Crippen molar-refractivity contribution in [3.8, 4) is 6.07 Å². The largest absolute Gasteiger partial charge is 0.316 e. The SMILES string of the molecule is CNCC=Cc1cc(C#N)ccc1F. The lowest BCUT2D eigenvalue weighted by Gasteiger charge is -1.97. The molecule has 1 aromatic rings. The first kappa shape index (κ1) is 10.4. The summed E-state index contributed by atoms with van der Waals surface area (Å²) in [5, 5.41) is 11.5. The maximum atomic E-state index is 13.2. The zero-order valence-corrected chi connectivity index (χ0v) is 7.92. The van der Waals surface area contributed by atoms with Crippen molar-refractivity contribution in [1.82, 2.24) is 5.32 Å². The van der Waals surface area contributed by atoms with Crippen LogP contribution >= 0.6 is 0 Å². The second-order valence-corrected chi connectivity index (χ2v) is 2.81. The minimum Gasteiger partial charge on any atom is -0.316 e. The summed E-state index contributed by atoms with van der Waals surface area (Å²) in [6.07, 6.45) is 3.46. The second-order valence-electron chi connectivity index (χ2n) is 2.81. The number of halogens is 1. The Balaban J connectivity index is 2.90. The molecule has 14 heavy (non-hydrogen) atoms. The van der Waals surface area contributed by atoms with Crippen molar-refractivity contribution in [3.63, 3.8) is 0 Å². The summed E-state index contributed by atoms with van der Waals surface area (Å²) in [6.45, 7) is 0.677. The molecule has 0 radical (unpaired) electrons. The Morgan fingerprint density at radius 3 is 3.00 bits per heavy atom. The molecule has 0 amide bonds. The zero-order valence-electron chi connectivity index (χ0n) is 7.92. The van der Waals surface area contributed by atoms with Gasteiger partial charge in [0, 0.05) is 12.1 Å². The highest BCUT2D eigenvalue weighted by atomic mass is 19.1. The van der Waals surface area contributed by atoms with Gasteiger partial charge < -0.3 is 5.32 Å². The van der Waals surface area contributed by atoms with Crippen molar-refractivity contribution < 1.29 is 4.39 Å². The highest BCUT2D eigenvalue weighted by Crippen LogP contribution is 2.11. The molecule has 0 aliphatic carbocycles. The van der Waals surface area contributed by atoms with E-state index in [-0.39, 0.29) is 5.82 Å². The fourth-order valence-corrected chi connectivity index (χ4v) is 1.04. The standard InChI is InChI=1S/C11H11FN2/c1-14-6-2-3-10-7-9(8-13)4-5-11(10)12/h2-5,7,14H,6H2,1H3. The molecule has 0 aromatic heterocycles. The highest BCUT2D eigenvalue weighted by molar-refractivity contribution is 5.53. The van der Waals surface area contributed by atoms with Gasteiger partial charge in [-0.1, -0.05) is 12.2 Å². The van der Waals surface area contributed by atoms with Gasteiger partial charge in [0.05, 0.1) is 11.6 Å². The number of nitrogens with zero attached hydrogens (tertiary/aromatic N) is 1. The lowest BCUT2D eigenvalue weighted by molar-refractivity contribution is 0.625. The maximum Gasteiger partial charge on any atom is 0.130 e. The molecule has 1 rings (SSSR count). The van der Waals surface area contributed by atoms with Crippen molar-refractivity contribution >= 4 is 6.08 Å². The van der Waals surface area contributed by atoms with Gasteiger partial charge in [-0.25, -0.2) is 4.39 Å². The second kappa shape index (κ2) is 5.15. The Morgan fingerprint density at radius 1 is 1.57 bits per heavy atom. The summed E-state index contributed by atoms with van der Waals surface area (Å²) in [4.78, 5) is 0. The summed E-state index contributed by atoms with van der Waals surface area (Å²) >= 11 is 0. The first-order valence-electron chi connectivity index (χ1n) is 4.28. The third-order valence-corrected chi connectivity index (χ3v) is 1.74. The van der Waals surface area contributed by atoms with Crippen molar-refractivity contribution in [2.45, 2.75) is 0 Å². The molecule has 0 aliphatic heterocycles. The Bertz CT molecular complexity index is 377. The van der Waals surface area contributed by atoms with E-state index in [0.717, 1.165) is 0 Å². The van der Waals surface area contributed by atoms with Gasteiger partial charge in [-0.3, -0.25) is 0 Å². The summed E-state index contributed by atoms with van der Waals surface area (Å²) in [5.41, 5.74) is 0.912. The van der Waals surface area contributed by atoms with Crippen molar-refractivity contribution in [3.05, 3.63) is 41.2 Å². The van der Waals surface area contributed by atoms with E-state index in [4.69, 9.17) is 5.26 Å². The summed E-state index contributed by atoms with van der Waals surface area (Å²) < 4.78 is 13.2. The van der Waals surface area contributed by atoms with Crippen LogP contribution in [0.5, 0.6) is 0 Å². The van der Waals surface area contributed by atoms with Gasteiger partial charge in [-0.2, -0.15) is 5.26 Å². The monoisotopic (exact) mass is 190 g/mol. The van der Waals surface area contributed by atoms with Crippen LogP contribution in [-0.2, 0) is 0 Å². The molecule has 0 atom stereocenters. The van der Waals surface area contributed by atoms with E-state index in [9.17, 15) is 4.39 Å². The van der Waals surface area contributed by atoms with Crippen molar-refractivity contribution in [2.24, 2.45) is 0 Å². The first-order valence-corrected chi connectivity index (χ1v) is 4.28. The maximum absolute atomic E-state index is 13.2. The van der Waals surface area contributed by atoms with Gasteiger partial charge >= 0.3 is 0 Å². The van der Waals surface area contributed by atoms with Crippen LogP contribution in [0.4, 0.5) is 4.39 Å². The lowest BCUT2D eigenvalue weighted by Crippen LogP contribution is -2.03. The van der Waals surface area contributed by atoms with Crippen LogP contribution in [0.3, 0.4) is 0 Å². The molecule has 2 nitrogen and oxygen atoms in total. The van der Waals surface area contributed by atoms with E-state index in [0.29, 0.717) is 17.7 Å². The first-order chi connectivity index (χ1) is 6.77. The molecule has 0 spiro atoms.